The molecule has 0 unspecified atom stereocenters. The van der Waals surface area contributed by atoms with Crippen molar-refractivity contribution in [2.75, 3.05) is 26.7 Å². The third kappa shape index (κ3) is 6.36. The number of hydrogen-bond donors (Lipinski definition) is 2. The highest BCUT2D eigenvalue weighted by molar-refractivity contribution is 6.39. The second kappa shape index (κ2) is 13.4. The molecule has 1 atom stereocenters. The molecule has 47 heavy (non-hydrogen) atoms. The molecule has 0 saturated carbocycles. The number of amides is 1. The molecule has 0 spiro atoms. The summed E-state index contributed by atoms with van der Waals surface area (Å²) in [4.78, 5) is 36.3. The summed E-state index contributed by atoms with van der Waals surface area (Å²) >= 11 is 14.2. The van der Waals surface area contributed by atoms with E-state index in [2.05, 4.69) is 20.5 Å². The smallest absolute Gasteiger partial charge is 0.262 e. The normalized spacial score (nSPS) is 16.3. The molecule has 11 heteroatoms. The van der Waals surface area contributed by atoms with Crippen molar-refractivity contribution in [3.63, 3.8) is 0 Å². The Balaban J connectivity index is 1.15. The molecule has 2 aromatic carbocycles. The quantitative estimate of drug-likeness (QED) is 0.189. The summed E-state index contributed by atoms with van der Waals surface area (Å²) in [5, 5.41) is 7.42. The predicted octanol–water partition coefficient (Wildman–Crippen LogP) is 5.98. The van der Waals surface area contributed by atoms with Gasteiger partial charge in [-0.1, -0.05) is 65.7 Å². The molecule has 5 heterocycles. The van der Waals surface area contributed by atoms with Crippen molar-refractivity contribution in [2.24, 2.45) is 0 Å². The van der Waals surface area contributed by atoms with Crippen LogP contribution in [0.3, 0.4) is 0 Å². The molecule has 240 valence electrons. The van der Waals surface area contributed by atoms with Crippen LogP contribution in [0.1, 0.15) is 30.4 Å². The summed E-state index contributed by atoms with van der Waals surface area (Å²) in [6, 6.07) is 19.5. The third-order valence-electron chi connectivity index (χ3n) is 8.92. The van der Waals surface area contributed by atoms with Crippen LogP contribution in [0.2, 0.25) is 10.0 Å². The Bertz CT molecular complexity index is 2040. The number of pyridine rings is 2. The lowest BCUT2D eigenvalue weighted by Gasteiger charge is -2.30. The van der Waals surface area contributed by atoms with Gasteiger partial charge in [0.15, 0.2) is 0 Å². The second-order valence-electron chi connectivity index (χ2n) is 12.0. The molecule has 0 bridgehead atoms. The first-order valence-electron chi connectivity index (χ1n) is 15.7. The fraction of sp³-hybridized carbons (Fsp3) is 0.278. The van der Waals surface area contributed by atoms with Crippen LogP contribution in [0.4, 0.5) is 0 Å². The number of hydrogen-bond acceptors (Lipinski definition) is 7. The molecule has 0 aliphatic carbocycles. The topological polar surface area (TPSA) is 101 Å². The highest BCUT2D eigenvalue weighted by atomic mass is 35.5. The van der Waals surface area contributed by atoms with Gasteiger partial charge in [-0.15, -0.1) is 0 Å². The minimum absolute atomic E-state index is 0.0505. The molecule has 2 fully saturated rings. The summed E-state index contributed by atoms with van der Waals surface area (Å²) in [6.07, 6.45) is 6.03. The molecule has 1 amide bonds. The average Bonchev–Trinajstić information content (AvgIpc) is 3.48. The van der Waals surface area contributed by atoms with E-state index in [9.17, 15) is 9.59 Å². The average molecular weight is 670 g/mol. The first-order chi connectivity index (χ1) is 22.9. The lowest BCUT2D eigenvalue weighted by molar-refractivity contribution is -0.119. The molecule has 3 aromatic heterocycles. The number of nitrogens with one attached hydrogen (secondary N) is 2. The van der Waals surface area contributed by atoms with E-state index in [4.69, 9.17) is 32.9 Å². The van der Waals surface area contributed by atoms with Crippen LogP contribution in [0, 0.1) is 0 Å². The van der Waals surface area contributed by atoms with E-state index in [1.54, 1.807) is 23.9 Å². The number of ether oxygens (including phenoxy) is 1. The number of aromatic nitrogens is 3. The number of methoxy groups -OCH3 is 1. The number of likely N-dealkylation sites (tertiary alicyclic amines) is 1. The number of fused-ring (bicyclic) bond motifs is 1. The van der Waals surface area contributed by atoms with Crippen LogP contribution < -0.4 is 20.9 Å². The van der Waals surface area contributed by atoms with Crippen LogP contribution in [0.25, 0.3) is 39.2 Å². The van der Waals surface area contributed by atoms with Gasteiger partial charge in [0.05, 0.1) is 28.4 Å². The van der Waals surface area contributed by atoms with Crippen molar-refractivity contribution < 1.29 is 9.53 Å². The van der Waals surface area contributed by atoms with Gasteiger partial charge in [-0.2, -0.15) is 0 Å². The lowest BCUT2D eigenvalue weighted by atomic mass is 9.97. The van der Waals surface area contributed by atoms with Crippen molar-refractivity contribution in [1.82, 2.24) is 29.9 Å². The number of rotatable bonds is 10. The molecule has 2 aliphatic heterocycles. The minimum Gasteiger partial charge on any atom is -0.481 e. The van der Waals surface area contributed by atoms with Gasteiger partial charge in [0, 0.05) is 72.3 Å². The molecular formula is C36H34Cl2N6O3. The van der Waals surface area contributed by atoms with Gasteiger partial charge in [-0.25, -0.2) is 9.97 Å². The highest BCUT2D eigenvalue weighted by Gasteiger charge is 2.21. The Morgan fingerprint density at radius 1 is 0.957 bits per heavy atom. The lowest BCUT2D eigenvalue weighted by Crippen LogP contribution is -2.38. The monoisotopic (exact) mass is 668 g/mol. The van der Waals surface area contributed by atoms with Crippen LogP contribution in [0.5, 0.6) is 5.88 Å². The number of carbonyl (C=O) groups excluding carboxylic acids is 1. The van der Waals surface area contributed by atoms with Crippen molar-refractivity contribution in [2.45, 2.75) is 38.4 Å². The van der Waals surface area contributed by atoms with Crippen molar-refractivity contribution in [3.05, 3.63) is 105 Å². The maximum atomic E-state index is 13.1. The zero-order valence-electron chi connectivity index (χ0n) is 25.9. The van der Waals surface area contributed by atoms with E-state index >= 15 is 0 Å². The summed E-state index contributed by atoms with van der Waals surface area (Å²) in [5.74, 6) is 0.603. The van der Waals surface area contributed by atoms with E-state index in [0.29, 0.717) is 58.9 Å². The number of halogens is 2. The first kappa shape index (κ1) is 31.3. The summed E-state index contributed by atoms with van der Waals surface area (Å²) in [5.41, 5.74) is 6.73. The molecule has 9 nitrogen and oxygen atoms in total. The van der Waals surface area contributed by atoms with Crippen molar-refractivity contribution in [1.29, 1.82) is 0 Å². The van der Waals surface area contributed by atoms with Crippen LogP contribution in [0.15, 0.2) is 77.9 Å². The van der Waals surface area contributed by atoms with Gasteiger partial charge in [-0.3, -0.25) is 18.9 Å². The number of nitrogens with zero attached hydrogens (tertiary/aromatic N) is 4. The van der Waals surface area contributed by atoms with Crippen LogP contribution in [-0.2, 0) is 17.9 Å². The van der Waals surface area contributed by atoms with Crippen molar-refractivity contribution in [3.8, 4) is 39.4 Å². The van der Waals surface area contributed by atoms with Gasteiger partial charge in [-0.05, 0) is 49.7 Å². The van der Waals surface area contributed by atoms with Gasteiger partial charge >= 0.3 is 0 Å². The third-order valence-corrected chi connectivity index (χ3v) is 9.74. The largest absolute Gasteiger partial charge is 0.481 e. The van der Waals surface area contributed by atoms with E-state index in [1.165, 1.54) is 6.42 Å². The van der Waals surface area contributed by atoms with E-state index in [1.807, 2.05) is 60.7 Å². The fourth-order valence-corrected chi connectivity index (χ4v) is 6.87. The molecule has 7 rings (SSSR count). The molecule has 5 aromatic rings. The standard InChI is InChI=1S/C36H34Cl2N6O3/c1-47-35-23(18-39-20-25-10-12-32(45)41-25)9-11-30(42-35)29-8-3-7-28(34(29)38)27-6-2-5-26(33(27)37)22-13-16-44-31(17-22)40-19-24(36(44)46)21-43-14-4-15-43/h2-3,5-9,11,13,16-17,19,25,39H,4,10,12,14-15,18,20-21H2,1H3,(H,41,45)/t25-/m1/s1. The van der Waals surface area contributed by atoms with Gasteiger partial charge in [0.25, 0.3) is 5.56 Å². The predicted molar refractivity (Wildman–Crippen MR) is 185 cm³/mol. The molecule has 2 saturated heterocycles. The van der Waals surface area contributed by atoms with Gasteiger partial charge in [0.2, 0.25) is 11.8 Å². The first-order valence-corrected chi connectivity index (χ1v) is 16.5. The minimum atomic E-state index is -0.0505. The Morgan fingerprint density at radius 3 is 2.40 bits per heavy atom. The van der Waals surface area contributed by atoms with Crippen molar-refractivity contribution >= 4 is 34.8 Å². The SMILES string of the molecule is COc1nc(-c2cccc(-c3cccc(-c4ccn5c(=O)c(CN6CCC6)cnc5c4)c3Cl)c2Cl)ccc1CNC[C@H]1CCC(=O)N1. The zero-order valence-corrected chi connectivity index (χ0v) is 27.4. The summed E-state index contributed by atoms with van der Waals surface area (Å²) in [6.45, 7) is 3.88. The number of benzene rings is 2. The van der Waals surface area contributed by atoms with Crippen LogP contribution in [-0.4, -0.2) is 58.0 Å². The molecule has 2 aliphatic rings. The number of carbonyl (C=O) groups is 1. The Morgan fingerprint density at radius 2 is 1.70 bits per heavy atom. The maximum Gasteiger partial charge on any atom is 0.262 e. The highest BCUT2D eigenvalue weighted by Crippen LogP contribution is 2.42. The van der Waals surface area contributed by atoms with E-state index < -0.39 is 0 Å². The molecule has 0 radical (unpaired) electrons. The van der Waals surface area contributed by atoms with E-state index in [-0.39, 0.29) is 17.5 Å². The Hall–Kier alpha value is -4.28. The van der Waals surface area contributed by atoms with Gasteiger partial charge < -0.3 is 15.4 Å². The Kier molecular flexibility index (Phi) is 8.96. The maximum absolute atomic E-state index is 13.1. The zero-order chi connectivity index (χ0) is 32.5. The fourth-order valence-electron chi connectivity index (χ4n) is 6.21. The van der Waals surface area contributed by atoms with Gasteiger partial charge in [0.1, 0.15) is 5.65 Å². The molecular weight excluding hydrogens is 635 g/mol. The molecule has 2 N–H and O–H groups in total. The Labute approximate surface area is 282 Å². The van der Waals surface area contributed by atoms with E-state index in [0.717, 1.165) is 52.9 Å². The summed E-state index contributed by atoms with van der Waals surface area (Å²) in [7, 11) is 1.60. The summed E-state index contributed by atoms with van der Waals surface area (Å²) < 4.78 is 7.23. The second-order valence-corrected chi connectivity index (χ2v) is 12.8. The van der Waals surface area contributed by atoms with Crippen LogP contribution >= 0.6 is 23.2 Å².